The van der Waals surface area contributed by atoms with Crippen molar-refractivity contribution in [1.82, 2.24) is 14.7 Å². The Labute approximate surface area is 162 Å². The Bertz CT molecular complexity index is 940. The lowest BCUT2D eigenvalue weighted by Gasteiger charge is -2.15. The molecule has 138 valence electrons. The standard InChI is InChI=1S/C20H19ClN4O2/c1-24(14-19(26)23-17-8-3-2-4-9-17)20(27)16-11-22-25(13-16)12-15-7-5-6-10-18(15)21/h2-11,13H,12,14H2,1H3,(H,23,26). The van der Waals surface area contributed by atoms with Crippen LogP contribution in [0.4, 0.5) is 5.69 Å². The van der Waals surface area contributed by atoms with Crippen LogP contribution in [-0.2, 0) is 11.3 Å². The molecule has 1 aromatic heterocycles. The number of aromatic nitrogens is 2. The number of para-hydroxylation sites is 1. The molecule has 0 spiro atoms. The number of rotatable bonds is 6. The molecule has 0 saturated carbocycles. The third-order valence-corrected chi connectivity index (χ3v) is 4.32. The zero-order valence-corrected chi connectivity index (χ0v) is 15.6. The SMILES string of the molecule is CN(CC(=O)Nc1ccccc1)C(=O)c1cnn(Cc2ccccc2Cl)c1. The highest BCUT2D eigenvalue weighted by molar-refractivity contribution is 6.31. The Hall–Kier alpha value is -3.12. The van der Waals surface area contributed by atoms with Crippen LogP contribution in [0.15, 0.2) is 67.0 Å². The third kappa shape index (κ3) is 4.95. The van der Waals surface area contributed by atoms with Crippen LogP contribution in [0, 0.1) is 0 Å². The maximum absolute atomic E-state index is 12.5. The van der Waals surface area contributed by atoms with Crippen molar-refractivity contribution in [2.24, 2.45) is 0 Å². The van der Waals surface area contributed by atoms with E-state index in [0.717, 1.165) is 5.56 Å². The number of likely N-dealkylation sites (N-methyl/N-ethyl adjacent to an activating group) is 1. The Morgan fingerprint density at radius 1 is 1.11 bits per heavy atom. The predicted octanol–water partition coefficient (Wildman–Crippen LogP) is 3.30. The van der Waals surface area contributed by atoms with Gasteiger partial charge in [-0.1, -0.05) is 48.0 Å². The predicted molar refractivity (Wildman–Crippen MR) is 105 cm³/mol. The number of nitrogens with zero attached hydrogens (tertiary/aromatic N) is 3. The molecule has 2 aromatic carbocycles. The number of carbonyl (C=O) groups excluding carboxylic acids is 2. The van der Waals surface area contributed by atoms with Gasteiger partial charge in [-0.05, 0) is 23.8 Å². The summed E-state index contributed by atoms with van der Waals surface area (Å²) in [6.07, 6.45) is 3.14. The molecule has 0 bridgehead atoms. The van der Waals surface area contributed by atoms with Gasteiger partial charge in [-0.3, -0.25) is 14.3 Å². The molecule has 6 nitrogen and oxygen atoms in total. The van der Waals surface area contributed by atoms with Crippen molar-refractivity contribution in [3.05, 3.63) is 83.1 Å². The highest BCUT2D eigenvalue weighted by atomic mass is 35.5. The Morgan fingerprint density at radius 2 is 1.81 bits per heavy atom. The highest BCUT2D eigenvalue weighted by Gasteiger charge is 2.17. The fourth-order valence-corrected chi connectivity index (χ4v) is 2.79. The van der Waals surface area contributed by atoms with Crippen molar-refractivity contribution in [1.29, 1.82) is 0 Å². The van der Waals surface area contributed by atoms with Crippen molar-refractivity contribution >= 4 is 29.1 Å². The van der Waals surface area contributed by atoms with Gasteiger partial charge in [-0.2, -0.15) is 5.10 Å². The first-order chi connectivity index (χ1) is 13.0. The second-order valence-corrected chi connectivity index (χ2v) is 6.50. The monoisotopic (exact) mass is 382 g/mol. The first kappa shape index (κ1) is 18.7. The zero-order chi connectivity index (χ0) is 19.2. The number of hydrogen-bond acceptors (Lipinski definition) is 3. The van der Waals surface area contributed by atoms with Gasteiger partial charge in [0.1, 0.15) is 0 Å². The summed E-state index contributed by atoms with van der Waals surface area (Å²) in [7, 11) is 1.58. The number of anilines is 1. The first-order valence-electron chi connectivity index (χ1n) is 8.39. The fourth-order valence-electron chi connectivity index (χ4n) is 2.59. The minimum atomic E-state index is -0.274. The molecule has 3 aromatic rings. The lowest BCUT2D eigenvalue weighted by Crippen LogP contribution is -2.34. The Kier molecular flexibility index (Phi) is 5.88. The van der Waals surface area contributed by atoms with Gasteiger partial charge < -0.3 is 10.2 Å². The summed E-state index contributed by atoms with van der Waals surface area (Å²) in [6.45, 7) is 0.411. The van der Waals surface area contributed by atoms with Gasteiger partial charge in [0.05, 0.1) is 24.8 Å². The third-order valence-electron chi connectivity index (χ3n) is 3.96. The van der Waals surface area contributed by atoms with Gasteiger partial charge in [0.15, 0.2) is 0 Å². The molecule has 0 aliphatic rings. The molecule has 0 aliphatic carbocycles. The smallest absolute Gasteiger partial charge is 0.257 e. The maximum atomic E-state index is 12.5. The summed E-state index contributed by atoms with van der Waals surface area (Å²) >= 11 is 6.16. The number of benzene rings is 2. The molecule has 0 fully saturated rings. The van der Waals surface area contributed by atoms with Crippen LogP contribution in [-0.4, -0.2) is 40.1 Å². The largest absolute Gasteiger partial charge is 0.332 e. The first-order valence-corrected chi connectivity index (χ1v) is 8.77. The van der Waals surface area contributed by atoms with Gasteiger partial charge in [-0.25, -0.2) is 0 Å². The van der Waals surface area contributed by atoms with Crippen LogP contribution >= 0.6 is 11.6 Å². The molecule has 7 heteroatoms. The Balaban J connectivity index is 1.59. The number of halogens is 1. The maximum Gasteiger partial charge on any atom is 0.257 e. The molecule has 1 heterocycles. The van der Waals surface area contributed by atoms with Gasteiger partial charge in [-0.15, -0.1) is 0 Å². The van der Waals surface area contributed by atoms with Crippen molar-refractivity contribution in [3.8, 4) is 0 Å². The van der Waals surface area contributed by atoms with Gasteiger partial charge in [0.25, 0.3) is 5.91 Å². The average molecular weight is 383 g/mol. The van der Waals surface area contributed by atoms with E-state index in [2.05, 4.69) is 10.4 Å². The van der Waals surface area contributed by atoms with Crippen LogP contribution in [0.5, 0.6) is 0 Å². The van der Waals surface area contributed by atoms with E-state index < -0.39 is 0 Å². The molecular weight excluding hydrogens is 364 g/mol. The quantitative estimate of drug-likeness (QED) is 0.711. The molecule has 0 saturated heterocycles. The molecule has 0 aliphatic heterocycles. The second kappa shape index (κ2) is 8.51. The van der Waals surface area contributed by atoms with E-state index >= 15 is 0 Å². The van der Waals surface area contributed by atoms with E-state index in [1.54, 1.807) is 30.1 Å². The molecule has 0 radical (unpaired) electrons. The highest BCUT2D eigenvalue weighted by Crippen LogP contribution is 2.16. The summed E-state index contributed by atoms with van der Waals surface area (Å²) in [5.74, 6) is -0.538. The molecule has 1 N–H and O–H groups in total. The van der Waals surface area contributed by atoms with Crippen LogP contribution in [0.2, 0.25) is 5.02 Å². The van der Waals surface area contributed by atoms with Gasteiger partial charge in [0, 0.05) is 24.0 Å². The van der Waals surface area contributed by atoms with Crippen molar-refractivity contribution < 1.29 is 9.59 Å². The van der Waals surface area contributed by atoms with Gasteiger partial charge >= 0.3 is 0 Å². The van der Waals surface area contributed by atoms with E-state index in [9.17, 15) is 9.59 Å². The molecule has 2 amide bonds. The van der Waals surface area contributed by atoms with E-state index in [1.165, 1.54) is 11.1 Å². The van der Waals surface area contributed by atoms with Crippen LogP contribution in [0.1, 0.15) is 15.9 Å². The molecule has 27 heavy (non-hydrogen) atoms. The lowest BCUT2D eigenvalue weighted by atomic mass is 10.2. The number of hydrogen-bond donors (Lipinski definition) is 1. The van der Waals surface area contributed by atoms with Crippen LogP contribution < -0.4 is 5.32 Å². The summed E-state index contributed by atoms with van der Waals surface area (Å²) in [5, 5.41) is 7.62. The van der Waals surface area contributed by atoms with Crippen molar-refractivity contribution in [2.45, 2.75) is 6.54 Å². The van der Waals surface area contributed by atoms with Crippen LogP contribution in [0.3, 0.4) is 0 Å². The molecule has 3 rings (SSSR count). The van der Waals surface area contributed by atoms with E-state index in [1.807, 2.05) is 42.5 Å². The summed E-state index contributed by atoms with van der Waals surface area (Å²) in [6, 6.07) is 16.6. The molecule has 0 atom stereocenters. The Morgan fingerprint density at radius 3 is 2.56 bits per heavy atom. The summed E-state index contributed by atoms with van der Waals surface area (Å²) in [4.78, 5) is 26.0. The minimum Gasteiger partial charge on any atom is -0.332 e. The summed E-state index contributed by atoms with van der Waals surface area (Å²) in [5.41, 5.74) is 2.02. The number of nitrogens with one attached hydrogen (secondary N) is 1. The minimum absolute atomic E-state index is 0.0522. The molecule has 0 unspecified atom stereocenters. The second-order valence-electron chi connectivity index (χ2n) is 6.09. The van der Waals surface area contributed by atoms with Gasteiger partial charge in [0.2, 0.25) is 5.91 Å². The normalized spacial score (nSPS) is 10.4. The zero-order valence-electron chi connectivity index (χ0n) is 14.8. The van der Waals surface area contributed by atoms with E-state index in [-0.39, 0.29) is 18.4 Å². The lowest BCUT2D eigenvalue weighted by molar-refractivity contribution is -0.116. The van der Waals surface area contributed by atoms with Crippen LogP contribution in [0.25, 0.3) is 0 Å². The summed E-state index contributed by atoms with van der Waals surface area (Å²) < 4.78 is 1.65. The topological polar surface area (TPSA) is 67.2 Å². The van der Waals surface area contributed by atoms with Crippen molar-refractivity contribution in [3.63, 3.8) is 0 Å². The number of amides is 2. The fraction of sp³-hybridized carbons (Fsp3) is 0.150. The van der Waals surface area contributed by atoms with E-state index in [4.69, 9.17) is 11.6 Å². The molecular formula is C20H19ClN4O2. The number of carbonyl (C=O) groups is 2. The van der Waals surface area contributed by atoms with E-state index in [0.29, 0.717) is 22.8 Å². The average Bonchev–Trinajstić information content (AvgIpc) is 3.12. The van der Waals surface area contributed by atoms with Crippen molar-refractivity contribution in [2.75, 3.05) is 18.9 Å².